The summed E-state index contributed by atoms with van der Waals surface area (Å²) in [5.74, 6) is -2.47. The largest absolute Gasteiger partial charge is 0.480 e. The van der Waals surface area contributed by atoms with Crippen molar-refractivity contribution in [2.45, 2.75) is 38.3 Å². The highest BCUT2D eigenvalue weighted by Gasteiger charge is 2.34. The van der Waals surface area contributed by atoms with Crippen molar-refractivity contribution in [1.29, 1.82) is 0 Å². The van der Waals surface area contributed by atoms with Crippen molar-refractivity contribution < 1.29 is 24.3 Å². The summed E-state index contributed by atoms with van der Waals surface area (Å²) in [7, 11) is 0. The minimum absolute atomic E-state index is 0.222. The SMILES string of the molecule is C[C@H](NC(=O)CN)C(=O)N1CCCCC1C(=O)NCC(=O)O. The molecule has 9 nitrogen and oxygen atoms in total. The Balaban J connectivity index is 2.71. The van der Waals surface area contributed by atoms with Crippen LogP contribution >= 0.6 is 0 Å². The van der Waals surface area contributed by atoms with Gasteiger partial charge in [0.05, 0.1) is 6.54 Å². The number of aliphatic carboxylic acids is 1. The van der Waals surface area contributed by atoms with Crippen LogP contribution in [0.3, 0.4) is 0 Å². The zero-order chi connectivity index (χ0) is 16.7. The van der Waals surface area contributed by atoms with Crippen LogP contribution in [-0.2, 0) is 19.2 Å². The van der Waals surface area contributed by atoms with Crippen LogP contribution in [0.25, 0.3) is 0 Å². The lowest BCUT2D eigenvalue weighted by Crippen LogP contribution is -2.57. The maximum Gasteiger partial charge on any atom is 0.322 e. The molecule has 1 fully saturated rings. The number of carboxylic acid groups (broad SMARTS) is 1. The van der Waals surface area contributed by atoms with Gasteiger partial charge in [0.25, 0.3) is 0 Å². The molecule has 0 aromatic heterocycles. The first-order chi connectivity index (χ1) is 10.4. The summed E-state index contributed by atoms with van der Waals surface area (Å²) in [4.78, 5) is 47.6. The fraction of sp³-hybridized carbons (Fsp3) is 0.692. The number of nitrogens with zero attached hydrogens (tertiary/aromatic N) is 1. The van der Waals surface area contributed by atoms with Gasteiger partial charge < -0.3 is 26.4 Å². The van der Waals surface area contributed by atoms with Crippen molar-refractivity contribution in [2.75, 3.05) is 19.6 Å². The predicted molar refractivity (Wildman–Crippen MR) is 76.7 cm³/mol. The van der Waals surface area contributed by atoms with Crippen LogP contribution in [0.4, 0.5) is 0 Å². The molecule has 3 amide bonds. The molecule has 0 aliphatic carbocycles. The lowest BCUT2D eigenvalue weighted by atomic mass is 10.00. The van der Waals surface area contributed by atoms with E-state index in [-0.39, 0.29) is 12.5 Å². The number of rotatable bonds is 6. The molecule has 0 aromatic rings. The van der Waals surface area contributed by atoms with E-state index < -0.39 is 36.4 Å². The molecule has 0 aromatic carbocycles. The van der Waals surface area contributed by atoms with Gasteiger partial charge in [0, 0.05) is 6.54 Å². The van der Waals surface area contributed by atoms with Gasteiger partial charge in [-0.05, 0) is 26.2 Å². The Morgan fingerprint density at radius 1 is 1.32 bits per heavy atom. The van der Waals surface area contributed by atoms with Gasteiger partial charge in [-0.1, -0.05) is 0 Å². The van der Waals surface area contributed by atoms with Crippen molar-refractivity contribution >= 4 is 23.7 Å². The predicted octanol–water partition coefficient (Wildman–Crippen LogP) is -1.97. The summed E-state index contributed by atoms with van der Waals surface area (Å²) >= 11 is 0. The van der Waals surface area contributed by atoms with Crippen LogP contribution in [0.2, 0.25) is 0 Å². The third-order valence-corrected chi connectivity index (χ3v) is 3.44. The van der Waals surface area contributed by atoms with E-state index in [9.17, 15) is 19.2 Å². The highest BCUT2D eigenvalue weighted by molar-refractivity contribution is 5.93. The van der Waals surface area contributed by atoms with Gasteiger partial charge >= 0.3 is 5.97 Å². The van der Waals surface area contributed by atoms with Crippen LogP contribution in [0.15, 0.2) is 0 Å². The second kappa shape index (κ2) is 8.32. The standard InChI is InChI=1S/C13H22N4O5/c1-8(16-10(18)6-14)13(22)17-5-3-2-4-9(17)12(21)15-7-11(19)20/h8-9H,2-7,14H2,1H3,(H,15,21)(H,16,18)(H,19,20)/t8-,9?/m0/s1. The highest BCUT2D eigenvalue weighted by atomic mass is 16.4. The number of likely N-dealkylation sites (tertiary alicyclic amines) is 1. The molecule has 1 heterocycles. The van der Waals surface area contributed by atoms with E-state index in [1.807, 2.05) is 0 Å². The fourth-order valence-corrected chi connectivity index (χ4v) is 2.36. The Morgan fingerprint density at radius 3 is 2.59 bits per heavy atom. The first kappa shape index (κ1) is 17.9. The number of hydrogen-bond acceptors (Lipinski definition) is 5. The minimum Gasteiger partial charge on any atom is -0.480 e. The molecule has 2 atom stereocenters. The molecule has 0 radical (unpaired) electrons. The van der Waals surface area contributed by atoms with Gasteiger partial charge in [-0.2, -0.15) is 0 Å². The highest BCUT2D eigenvalue weighted by Crippen LogP contribution is 2.18. The number of nitrogens with two attached hydrogens (primary N) is 1. The minimum atomic E-state index is -1.15. The summed E-state index contributed by atoms with van der Waals surface area (Å²) in [6.07, 6.45) is 2.00. The van der Waals surface area contributed by atoms with Crippen molar-refractivity contribution in [3.63, 3.8) is 0 Å². The van der Waals surface area contributed by atoms with Gasteiger partial charge in [-0.15, -0.1) is 0 Å². The smallest absolute Gasteiger partial charge is 0.322 e. The Morgan fingerprint density at radius 2 is 2.00 bits per heavy atom. The quantitative estimate of drug-likeness (QED) is 0.448. The van der Waals surface area contributed by atoms with E-state index in [2.05, 4.69) is 10.6 Å². The molecule has 0 bridgehead atoms. The Kier molecular flexibility index (Phi) is 6.77. The normalized spacial score (nSPS) is 19.2. The lowest BCUT2D eigenvalue weighted by molar-refractivity contribution is -0.145. The topological polar surface area (TPSA) is 142 Å². The van der Waals surface area contributed by atoms with E-state index in [4.69, 9.17) is 10.8 Å². The maximum atomic E-state index is 12.4. The zero-order valence-electron chi connectivity index (χ0n) is 12.5. The molecule has 9 heteroatoms. The van der Waals surface area contributed by atoms with E-state index in [0.29, 0.717) is 13.0 Å². The number of carbonyl (C=O) groups is 4. The summed E-state index contributed by atoms with van der Waals surface area (Å²) in [6.45, 7) is 1.21. The first-order valence-corrected chi connectivity index (χ1v) is 7.16. The molecule has 5 N–H and O–H groups in total. The van der Waals surface area contributed by atoms with Gasteiger partial charge in [0.2, 0.25) is 17.7 Å². The lowest BCUT2D eigenvalue weighted by Gasteiger charge is -2.36. The number of carbonyl (C=O) groups excluding carboxylic acids is 3. The van der Waals surface area contributed by atoms with Gasteiger partial charge in [-0.3, -0.25) is 19.2 Å². The van der Waals surface area contributed by atoms with Crippen molar-refractivity contribution in [2.24, 2.45) is 5.73 Å². The number of nitrogens with one attached hydrogen (secondary N) is 2. The van der Waals surface area contributed by atoms with Crippen LogP contribution in [-0.4, -0.2) is 65.4 Å². The van der Waals surface area contributed by atoms with Gasteiger partial charge in [-0.25, -0.2) is 0 Å². The van der Waals surface area contributed by atoms with Crippen LogP contribution < -0.4 is 16.4 Å². The second-order valence-electron chi connectivity index (χ2n) is 5.15. The molecular formula is C13H22N4O5. The van der Waals surface area contributed by atoms with Crippen LogP contribution in [0, 0.1) is 0 Å². The van der Waals surface area contributed by atoms with E-state index >= 15 is 0 Å². The Hall–Kier alpha value is -2.16. The number of hydrogen-bond donors (Lipinski definition) is 4. The summed E-state index contributed by atoms with van der Waals surface area (Å²) in [6, 6.07) is -1.50. The third-order valence-electron chi connectivity index (χ3n) is 3.44. The Bertz CT molecular complexity index is 454. The van der Waals surface area contributed by atoms with Crippen molar-refractivity contribution in [3.05, 3.63) is 0 Å². The average molecular weight is 314 g/mol. The average Bonchev–Trinajstić information content (AvgIpc) is 2.51. The van der Waals surface area contributed by atoms with Crippen molar-refractivity contribution in [1.82, 2.24) is 15.5 Å². The van der Waals surface area contributed by atoms with Gasteiger partial charge in [0.15, 0.2) is 0 Å². The molecule has 1 rings (SSSR count). The van der Waals surface area contributed by atoms with E-state index in [0.717, 1.165) is 12.8 Å². The summed E-state index contributed by atoms with van der Waals surface area (Å²) in [5, 5.41) is 13.3. The first-order valence-electron chi connectivity index (χ1n) is 7.16. The monoisotopic (exact) mass is 314 g/mol. The number of amides is 3. The fourth-order valence-electron chi connectivity index (χ4n) is 2.36. The number of piperidine rings is 1. The van der Waals surface area contributed by atoms with Crippen molar-refractivity contribution in [3.8, 4) is 0 Å². The van der Waals surface area contributed by atoms with Crippen LogP contribution in [0.1, 0.15) is 26.2 Å². The van der Waals surface area contributed by atoms with E-state index in [1.54, 1.807) is 0 Å². The molecule has 22 heavy (non-hydrogen) atoms. The molecule has 124 valence electrons. The molecule has 0 spiro atoms. The zero-order valence-corrected chi connectivity index (χ0v) is 12.5. The molecule has 0 saturated carbocycles. The van der Waals surface area contributed by atoms with Gasteiger partial charge in [0.1, 0.15) is 18.6 Å². The molecule has 1 aliphatic rings. The summed E-state index contributed by atoms with van der Waals surface area (Å²) < 4.78 is 0. The number of carboxylic acids is 1. The summed E-state index contributed by atoms with van der Waals surface area (Å²) in [5.41, 5.74) is 5.19. The van der Waals surface area contributed by atoms with E-state index in [1.165, 1.54) is 11.8 Å². The maximum absolute atomic E-state index is 12.4. The molecular weight excluding hydrogens is 292 g/mol. The second-order valence-corrected chi connectivity index (χ2v) is 5.15. The molecule has 1 aliphatic heterocycles. The third kappa shape index (κ3) is 4.99. The molecule has 1 saturated heterocycles. The van der Waals surface area contributed by atoms with Crippen LogP contribution in [0.5, 0.6) is 0 Å². The molecule has 1 unspecified atom stereocenters. The Labute approximate surface area is 128 Å².